The van der Waals surface area contributed by atoms with Gasteiger partial charge in [-0.15, -0.1) is 11.8 Å². The highest BCUT2D eigenvalue weighted by molar-refractivity contribution is 8.00. The Bertz CT molecular complexity index is 756. The monoisotopic (exact) mass is 349 g/mol. The predicted molar refractivity (Wildman–Crippen MR) is 93.3 cm³/mol. The summed E-state index contributed by atoms with van der Waals surface area (Å²) in [5.41, 5.74) is 0.871. The third kappa shape index (κ3) is 5.41. The first-order chi connectivity index (χ1) is 10.9. The number of thioether (sulfide) groups is 1. The van der Waals surface area contributed by atoms with Gasteiger partial charge in [0.2, 0.25) is 5.91 Å². The Kier molecular flexibility index (Phi) is 5.85. The summed E-state index contributed by atoms with van der Waals surface area (Å²) in [5.74, 6) is 0.286. The van der Waals surface area contributed by atoms with Gasteiger partial charge in [-0.25, -0.2) is 8.42 Å². The van der Waals surface area contributed by atoms with Gasteiger partial charge in [0.05, 0.1) is 16.7 Å². The van der Waals surface area contributed by atoms with Gasteiger partial charge in [-0.3, -0.25) is 4.79 Å². The summed E-state index contributed by atoms with van der Waals surface area (Å²) in [7, 11) is -3.20. The van der Waals surface area contributed by atoms with Gasteiger partial charge in [-0.2, -0.15) is 0 Å². The fourth-order valence-electron chi connectivity index (χ4n) is 2.04. The molecular weight excluding hydrogens is 330 g/mol. The van der Waals surface area contributed by atoms with Crippen LogP contribution in [0.1, 0.15) is 18.5 Å². The summed E-state index contributed by atoms with van der Waals surface area (Å²) in [6, 6.07) is 16.1. The van der Waals surface area contributed by atoms with Crippen LogP contribution in [0.3, 0.4) is 0 Å². The van der Waals surface area contributed by atoms with Crippen molar-refractivity contribution in [2.75, 3.05) is 12.0 Å². The molecule has 0 fully saturated rings. The van der Waals surface area contributed by atoms with Crippen molar-refractivity contribution < 1.29 is 13.2 Å². The highest BCUT2D eigenvalue weighted by Crippen LogP contribution is 2.19. The smallest absolute Gasteiger partial charge is 0.230 e. The van der Waals surface area contributed by atoms with Crippen molar-refractivity contribution >= 4 is 27.5 Å². The first-order valence-electron chi connectivity index (χ1n) is 7.13. The fourth-order valence-corrected chi connectivity index (χ4v) is 3.40. The molecule has 1 N–H and O–H groups in total. The molecular formula is C17H19NO3S2. The molecule has 1 atom stereocenters. The van der Waals surface area contributed by atoms with E-state index in [0.717, 1.165) is 10.5 Å². The highest BCUT2D eigenvalue weighted by atomic mass is 32.2. The quantitative estimate of drug-likeness (QED) is 0.814. The minimum Gasteiger partial charge on any atom is -0.349 e. The maximum atomic E-state index is 12.0. The zero-order valence-corrected chi connectivity index (χ0v) is 14.7. The number of carbonyl (C=O) groups is 1. The van der Waals surface area contributed by atoms with Crippen molar-refractivity contribution in [3.05, 3.63) is 60.2 Å². The van der Waals surface area contributed by atoms with E-state index in [4.69, 9.17) is 0 Å². The van der Waals surface area contributed by atoms with Crippen LogP contribution < -0.4 is 5.32 Å². The second-order valence-electron chi connectivity index (χ2n) is 5.23. The van der Waals surface area contributed by atoms with E-state index in [-0.39, 0.29) is 16.8 Å². The molecule has 0 aliphatic heterocycles. The van der Waals surface area contributed by atoms with Crippen LogP contribution in [0.4, 0.5) is 0 Å². The maximum Gasteiger partial charge on any atom is 0.230 e. The average Bonchev–Trinajstić information content (AvgIpc) is 2.53. The molecule has 0 unspecified atom stereocenters. The minimum atomic E-state index is -3.20. The first-order valence-corrected chi connectivity index (χ1v) is 10.0. The normalized spacial score (nSPS) is 12.6. The molecule has 2 rings (SSSR count). The molecule has 0 saturated heterocycles. The number of carbonyl (C=O) groups excluding carboxylic acids is 1. The summed E-state index contributed by atoms with van der Waals surface area (Å²) in [4.78, 5) is 13.3. The number of rotatable bonds is 6. The third-order valence-electron chi connectivity index (χ3n) is 3.30. The first kappa shape index (κ1) is 17.6. The minimum absolute atomic E-state index is 0.0569. The third-order valence-corrected chi connectivity index (χ3v) is 5.44. The lowest BCUT2D eigenvalue weighted by Crippen LogP contribution is -2.28. The number of amides is 1. The van der Waals surface area contributed by atoms with Crippen LogP contribution >= 0.6 is 11.8 Å². The molecule has 2 aromatic carbocycles. The molecule has 6 heteroatoms. The summed E-state index contributed by atoms with van der Waals surface area (Å²) in [6.07, 6.45) is 1.17. The van der Waals surface area contributed by atoms with Gasteiger partial charge in [0, 0.05) is 11.2 Å². The fraction of sp³-hybridized carbons (Fsp3) is 0.235. The van der Waals surface area contributed by atoms with Crippen LogP contribution in [0, 0.1) is 0 Å². The average molecular weight is 349 g/mol. The highest BCUT2D eigenvalue weighted by Gasteiger charge is 2.12. The second-order valence-corrected chi connectivity index (χ2v) is 8.30. The van der Waals surface area contributed by atoms with Crippen molar-refractivity contribution in [1.82, 2.24) is 5.32 Å². The van der Waals surface area contributed by atoms with Crippen LogP contribution in [-0.2, 0) is 14.6 Å². The molecule has 0 heterocycles. The summed E-state index contributed by atoms with van der Waals surface area (Å²) in [5, 5.41) is 2.92. The zero-order chi connectivity index (χ0) is 16.9. The van der Waals surface area contributed by atoms with Crippen LogP contribution in [0.2, 0.25) is 0 Å². The van der Waals surface area contributed by atoms with Gasteiger partial charge in [0.25, 0.3) is 0 Å². The summed E-state index contributed by atoms with van der Waals surface area (Å²) >= 11 is 1.48. The van der Waals surface area contributed by atoms with Crippen LogP contribution in [0.25, 0.3) is 0 Å². The van der Waals surface area contributed by atoms with Gasteiger partial charge in [0.15, 0.2) is 9.84 Å². The van der Waals surface area contributed by atoms with Gasteiger partial charge in [-0.1, -0.05) is 30.3 Å². The van der Waals surface area contributed by atoms with E-state index < -0.39 is 9.84 Å². The predicted octanol–water partition coefficient (Wildman–Crippen LogP) is 3.06. The van der Waals surface area contributed by atoms with Crippen molar-refractivity contribution in [1.29, 1.82) is 0 Å². The van der Waals surface area contributed by atoms with Crippen molar-refractivity contribution in [3.63, 3.8) is 0 Å². The van der Waals surface area contributed by atoms with E-state index in [1.54, 1.807) is 24.3 Å². The molecule has 0 aromatic heterocycles. The molecule has 0 bridgehead atoms. The second kappa shape index (κ2) is 7.66. The van der Waals surface area contributed by atoms with Crippen LogP contribution in [0.5, 0.6) is 0 Å². The Labute approximate surface area is 141 Å². The van der Waals surface area contributed by atoms with Gasteiger partial charge in [0.1, 0.15) is 0 Å². The van der Waals surface area contributed by atoms with Crippen molar-refractivity contribution in [2.24, 2.45) is 0 Å². The van der Waals surface area contributed by atoms with Crippen molar-refractivity contribution in [3.8, 4) is 0 Å². The molecule has 0 aliphatic rings. The number of hydrogen-bond donors (Lipinski definition) is 1. The lowest BCUT2D eigenvalue weighted by atomic mass is 10.1. The Morgan fingerprint density at radius 2 is 1.70 bits per heavy atom. The van der Waals surface area contributed by atoms with Gasteiger partial charge < -0.3 is 5.32 Å². The van der Waals surface area contributed by atoms with E-state index in [2.05, 4.69) is 5.32 Å². The van der Waals surface area contributed by atoms with Crippen LogP contribution in [0.15, 0.2) is 64.4 Å². The lowest BCUT2D eigenvalue weighted by Gasteiger charge is -2.14. The Morgan fingerprint density at radius 1 is 1.09 bits per heavy atom. The molecule has 122 valence electrons. The van der Waals surface area contributed by atoms with E-state index in [1.165, 1.54) is 18.0 Å². The summed E-state index contributed by atoms with van der Waals surface area (Å²) in [6.45, 7) is 1.88. The Hall–Kier alpha value is -1.79. The zero-order valence-electron chi connectivity index (χ0n) is 13.0. The molecule has 1 amide bonds. The summed E-state index contributed by atoms with van der Waals surface area (Å²) < 4.78 is 22.9. The van der Waals surface area contributed by atoms with Gasteiger partial charge >= 0.3 is 0 Å². The van der Waals surface area contributed by atoms with E-state index in [9.17, 15) is 13.2 Å². The maximum absolute atomic E-state index is 12.0. The van der Waals surface area contributed by atoms with Gasteiger partial charge in [-0.05, 0) is 36.8 Å². The molecule has 0 spiro atoms. The van der Waals surface area contributed by atoms with Crippen molar-refractivity contribution in [2.45, 2.75) is 22.8 Å². The van der Waals surface area contributed by atoms with E-state index in [0.29, 0.717) is 5.75 Å². The van der Waals surface area contributed by atoms with Crippen LogP contribution in [-0.4, -0.2) is 26.3 Å². The molecule has 0 radical (unpaired) electrons. The topological polar surface area (TPSA) is 63.2 Å². The Morgan fingerprint density at radius 3 is 2.26 bits per heavy atom. The molecule has 23 heavy (non-hydrogen) atoms. The number of hydrogen-bond acceptors (Lipinski definition) is 4. The standard InChI is InChI=1S/C17H19NO3S2/c1-13(14-8-10-16(11-9-14)23(2,20)21)18-17(19)12-22-15-6-4-3-5-7-15/h3-11,13H,12H2,1-2H3,(H,18,19)/t13-/m1/s1. The SMILES string of the molecule is C[C@@H](NC(=O)CSc1ccccc1)c1ccc(S(C)(=O)=O)cc1. The molecule has 0 saturated carbocycles. The number of benzene rings is 2. The molecule has 2 aromatic rings. The number of sulfone groups is 1. The molecule has 4 nitrogen and oxygen atoms in total. The number of nitrogens with one attached hydrogen (secondary N) is 1. The molecule has 0 aliphatic carbocycles. The lowest BCUT2D eigenvalue weighted by molar-refractivity contribution is -0.119. The largest absolute Gasteiger partial charge is 0.349 e. The Balaban J connectivity index is 1.90. The van der Waals surface area contributed by atoms with E-state index >= 15 is 0 Å². The van der Waals surface area contributed by atoms with E-state index in [1.807, 2.05) is 37.3 Å².